The van der Waals surface area contributed by atoms with Gasteiger partial charge < -0.3 is 10.1 Å². The van der Waals surface area contributed by atoms with Crippen molar-refractivity contribution in [3.63, 3.8) is 0 Å². The Morgan fingerprint density at radius 2 is 1.79 bits per heavy atom. The van der Waals surface area contributed by atoms with Crippen LogP contribution in [-0.4, -0.2) is 43.3 Å². The molecule has 1 N–H and O–H groups in total. The SMILES string of the molecule is CCc1ccc(NCCN2CC(C)OC(C)C2)cc1. The van der Waals surface area contributed by atoms with Crippen molar-refractivity contribution in [3.8, 4) is 0 Å². The van der Waals surface area contributed by atoms with Crippen molar-refractivity contribution in [1.29, 1.82) is 0 Å². The maximum absolute atomic E-state index is 5.74. The third kappa shape index (κ3) is 4.51. The second-order valence-electron chi connectivity index (χ2n) is 5.49. The lowest BCUT2D eigenvalue weighted by atomic mass is 10.1. The van der Waals surface area contributed by atoms with Gasteiger partial charge in [-0.1, -0.05) is 19.1 Å². The molecule has 0 spiro atoms. The maximum atomic E-state index is 5.74. The van der Waals surface area contributed by atoms with Crippen LogP contribution in [0, 0.1) is 0 Å². The molecule has 2 unspecified atom stereocenters. The van der Waals surface area contributed by atoms with Crippen LogP contribution in [-0.2, 0) is 11.2 Å². The summed E-state index contributed by atoms with van der Waals surface area (Å²) in [6.07, 6.45) is 1.81. The number of hydrogen-bond donors (Lipinski definition) is 1. The summed E-state index contributed by atoms with van der Waals surface area (Å²) in [5.41, 5.74) is 2.60. The number of nitrogens with one attached hydrogen (secondary N) is 1. The first kappa shape index (κ1) is 14.4. The number of hydrogen-bond acceptors (Lipinski definition) is 3. The third-order valence-electron chi connectivity index (χ3n) is 3.61. The van der Waals surface area contributed by atoms with E-state index < -0.39 is 0 Å². The zero-order valence-electron chi connectivity index (χ0n) is 12.4. The molecule has 3 nitrogen and oxygen atoms in total. The topological polar surface area (TPSA) is 24.5 Å². The van der Waals surface area contributed by atoms with E-state index in [1.807, 2.05) is 0 Å². The highest BCUT2D eigenvalue weighted by Crippen LogP contribution is 2.12. The molecule has 1 saturated heterocycles. The number of benzene rings is 1. The van der Waals surface area contributed by atoms with Crippen molar-refractivity contribution in [2.45, 2.75) is 39.4 Å². The molecule has 0 aromatic heterocycles. The molecule has 19 heavy (non-hydrogen) atoms. The summed E-state index contributed by atoms with van der Waals surface area (Å²) < 4.78 is 5.74. The number of morpholine rings is 1. The van der Waals surface area contributed by atoms with Gasteiger partial charge in [0.05, 0.1) is 12.2 Å². The van der Waals surface area contributed by atoms with Crippen LogP contribution < -0.4 is 5.32 Å². The Kier molecular flexibility index (Phi) is 5.23. The van der Waals surface area contributed by atoms with Crippen LogP contribution in [0.15, 0.2) is 24.3 Å². The second-order valence-corrected chi connectivity index (χ2v) is 5.49. The van der Waals surface area contributed by atoms with E-state index in [0.29, 0.717) is 12.2 Å². The van der Waals surface area contributed by atoms with Crippen LogP contribution in [0.4, 0.5) is 5.69 Å². The molecule has 3 heteroatoms. The highest BCUT2D eigenvalue weighted by atomic mass is 16.5. The van der Waals surface area contributed by atoms with Crippen molar-refractivity contribution in [3.05, 3.63) is 29.8 Å². The van der Waals surface area contributed by atoms with Crippen LogP contribution in [0.3, 0.4) is 0 Å². The Morgan fingerprint density at radius 3 is 2.37 bits per heavy atom. The minimum Gasteiger partial charge on any atom is -0.384 e. The molecule has 1 fully saturated rings. The summed E-state index contributed by atoms with van der Waals surface area (Å²) in [7, 11) is 0. The van der Waals surface area contributed by atoms with Gasteiger partial charge in [-0.3, -0.25) is 4.90 Å². The van der Waals surface area contributed by atoms with Crippen molar-refractivity contribution < 1.29 is 4.74 Å². The number of ether oxygens (including phenoxy) is 1. The van der Waals surface area contributed by atoms with E-state index in [1.165, 1.54) is 11.3 Å². The predicted molar refractivity (Wildman–Crippen MR) is 80.8 cm³/mol. The molecule has 0 amide bonds. The van der Waals surface area contributed by atoms with Crippen molar-refractivity contribution in [2.24, 2.45) is 0 Å². The van der Waals surface area contributed by atoms with Crippen molar-refractivity contribution in [1.82, 2.24) is 4.90 Å². The number of nitrogens with zero attached hydrogens (tertiary/aromatic N) is 1. The molecule has 1 aliphatic heterocycles. The molecule has 2 rings (SSSR count). The molecular formula is C16H26N2O. The van der Waals surface area contributed by atoms with Gasteiger partial charge in [-0.15, -0.1) is 0 Å². The average molecular weight is 262 g/mol. The van der Waals surface area contributed by atoms with Crippen LogP contribution in [0.25, 0.3) is 0 Å². The molecule has 0 saturated carbocycles. The van der Waals surface area contributed by atoms with Crippen molar-refractivity contribution in [2.75, 3.05) is 31.5 Å². The smallest absolute Gasteiger partial charge is 0.0678 e. The van der Waals surface area contributed by atoms with E-state index in [2.05, 4.69) is 55.3 Å². The number of anilines is 1. The molecule has 1 aliphatic rings. The fourth-order valence-corrected chi connectivity index (χ4v) is 2.68. The first-order valence-corrected chi connectivity index (χ1v) is 7.38. The Hall–Kier alpha value is -1.06. The summed E-state index contributed by atoms with van der Waals surface area (Å²) in [6, 6.07) is 8.73. The van der Waals surface area contributed by atoms with Gasteiger partial charge in [0, 0.05) is 31.9 Å². The summed E-state index contributed by atoms with van der Waals surface area (Å²) >= 11 is 0. The van der Waals surface area contributed by atoms with Gasteiger partial charge >= 0.3 is 0 Å². The average Bonchev–Trinajstić information content (AvgIpc) is 2.38. The number of rotatable bonds is 5. The first-order valence-electron chi connectivity index (χ1n) is 7.38. The number of aryl methyl sites for hydroxylation is 1. The van der Waals surface area contributed by atoms with E-state index in [0.717, 1.165) is 32.6 Å². The Balaban J connectivity index is 1.73. The maximum Gasteiger partial charge on any atom is 0.0678 e. The molecule has 106 valence electrons. The normalized spacial score (nSPS) is 24.4. The Bertz CT molecular complexity index is 367. The quantitative estimate of drug-likeness (QED) is 0.883. The van der Waals surface area contributed by atoms with E-state index in [4.69, 9.17) is 4.74 Å². The van der Waals surface area contributed by atoms with Crippen LogP contribution >= 0.6 is 0 Å². The lowest BCUT2D eigenvalue weighted by Crippen LogP contribution is -2.46. The van der Waals surface area contributed by atoms with E-state index in [9.17, 15) is 0 Å². The molecule has 1 aromatic rings. The van der Waals surface area contributed by atoms with Gasteiger partial charge in [-0.25, -0.2) is 0 Å². The zero-order chi connectivity index (χ0) is 13.7. The van der Waals surface area contributed by atoms with E-state index in [-0.39, 0.29) is 0 Å². The standard InChI is InChI=1S/C16H26N2O/c1-4-15-5-7-16(8-6-15)17-9-10-18-11-13(2)19-14(3)12-18/h5-8,13-14,17H,4,9-12H2,1-3H3. The lowest BCUT2D eigenvalue weighted by molar-refractivity contribution is -0.0667. The minimum atomic E-state index is 0.354. The van der Waals surface area contributed by atoms with E-state index in [1.54, 1.807) is 0 Å². The van der Waals surface area contributed by atoms with Gasteiger partial charge in [-0.2, -0.15) is 0 Å². The van der Waals surface area contributed by atoms with Gasteiger partial charge in [0.15, 0.2) is 0 Å². The zero-order valence-corrected chi connectivity index (χ0v) is 12.4. The highest BCUT2D eigenvalue weighted by Gasteiger charge is 2.21. The molecule has 2 atom stereocenters. The molecule has 0 bridgehead atoms. The largest absolute Gasteiger partial charge is 0.384 e. The van der Waals surface area contributed by atoms with Gasteiger partial charge in [0.2, 0.25) is 0 Å². The fraction of sp³-hybridized carbons (Fsp3) is 0.625. The predicted octanol–water partition coefficient (Wildman–Crippen LogP) is 2.77. The Morgan fingerprint density at radius 1 is 1.16 bits per heavy atom. The van der Waals surface area contributed by atoms with Gasteiger partial charge in [-0.05, 0) is 38.0 Å². The fourth-order valence-electron chi connectivity index (χ4n) is 2.68. The van der Waals surface area contributed by atoms with Crippen LogP contribution in [0.2, 0.25) is 0 Å². The van der Waals surface area contributed by atoms with Crippen LogP contribution in [0.1, 0.15) is 26.3 Å². The summed E-state index contributed by atoms with van der Waals surface area (Å²) in [5.74, 6) is 0. The van der Waals surface area contributed by atoms with Crippen molar-refractivity contribution >= 4 is 5.69 Å². The first-order chi connectivity index (χ1) is 9.17. The third-order valence-corrected chi connectivity index (χ3v) is 3.61. The molecule has 1 aromatic carbocycles. The van der Waals surface area contributed by atoms with Gasteiger partial charge in [0.1, 0.15) is 0 Å². The summed E-state index contributed by atoms with van der Waals surface area (Å²) in [5, 5.41) is 3.49. The summed E-state index contributed by atoms with van der Waals surface area (Å²) in [6.45, 7) is 10.6. The molecular weight excluding hydrogens is 236 g/mol. The van der Waals surface area contributed by atoms with Gasteiger partial charge in [0.25, 0.3) is 0 Å². The molecule has 0 aliphatic carbocycles. The minimum absolute atomic E-state index is 0.354. The monoisotopic (exact) mass is 262 g/mol. The second kappa shape index (κ2) is 6.92. The molecule has 0 radical (unpaired) electrons. The summed E-state index contributed by atoms with van der Waals surface area (Å²) in [4.78, 5) is 2.48. The lowest BCUT2D eigenvalue weighted by Gasteiger charge is -2.35. The molecule has 1 heterocycles. The van der Waals surface area contributed by atoms with E-state index >= 15 is 0 Å². The van der Waals surface area contributed by atoms with Crippen LogP contribution in [0.5, 0.6) is 0 Å². The highest BCUT2D eigenvalue weighted by molar-refractivity contribution is 5.44. The Labute approximate surface area is 116 Å².